The lowest BCUT2D eigenvalue weighted by atomic mass is 10.1. The van der Waals surface area contributed by atoms with Crippen LogP contribution in [-0.4, -0.2) is 50.1 Å². The van der Waals surface area contributed by atoms with Crippen molar-refractivity contribution in [2.24, 2.45) is 0 Å². The van der Waals surface area contributed by atoms with Crippen molar-refractivity contribution < 1.29 is 19.1 Å². The fourth-order valence-electron chi connectivity index (χ4n) is 3.14. The number of benzene rings is 2. The summed E-state index contributed by atoms with van der Waals surface area (Å²) in [5, 5.41) is 0. The molecule has 1 aliphatic rings. The highest BCUT2D eigenvalue weighted by molar-refractivity contribution is 9.10. The smallest absolute Gasteiger partial charge is 0.254 e. The average Bonchev–Trinajstić information content (AvgIpc) is 2.69. The highest BCUT2D eigenvalue weighted by Crippen LogP contribution is 2.27. The van der Waals surface area contributed by atoms with E-state index in [1.807, 2.05) is 24.3 Å². The maximum Gasteiger partial charge on any atom is 0.254 e. The van der Waals surface area contributed by atoms with Crippen LogP contribution in [0.1, 0.15) is 17.3 Å². The predicted molar refractivity (Wildman–Crippen MR) is 107 cm³/mol. The van der Waals surface area contributed by atoms with Gasteiger partial charge in [0.2, 0.25) is 5.91 Å². The zero-order valence-corrected chi connectivity index (χ0v) is 17.0. The van der Waals surface area contributed by atoms with Crippen LogP contribution in [0.3, 0.4) is 0 Å². The van der Waals surface area contributed by atoms with Gasteiger partial charge in [-0.15, -0.1) is 0 Å². The summed E-state index contributed by atoms with van der Waals surface area (Å²) in [7, 11) is 3.07. The van der Waals surface area contributed by atoms with Gasteiger partial charge in [0, 0.05) is 34.9 Å². The highest BCUT2D eigenvalue weighted by atomic mass is 79.9. The number of hydrogen-bond acceptors (Lipinski definition) is 4. The fourth-order valence-corrected chi connectivity index (χ4v) is 3.53. The van der Waals surface area contributed by atoms with Gasteiger partial charge in [-0.05, 0) is 37.3 Å². The van der Waals surface area contributed by atoms with E-state index >= 15 is 0 Å². The van der Waals surface area contributed by atoms with Crippen LogP contribution in [-0.2, 0) is 4.79 Å². The molecule has 0 aromatic heterocycles. The lowest BCUT2D eigenvalue weighted by Crippen LogP contribution is -2.57. The Balaban J connectivity index is 1.83. The molecule has 0 N–H and O–H groups in total. The summed E-state index contributed by atoms with van der Waals surface area (Å²) >= 11 is 3.43. The third-order valence-corrected chi connectivity index (χ3v) is 5.13. The molecule has 0 radical (unpaired) electrons. The molecule has 1 atom stereocenters. The Labute approximate surface area is 166 Å². The van der Waals surface area contributed by atoms with Crippen molar-refractivity contribution in [1.82, 2.24) is 4.90 Å². The first-order chi connectivity index (χ1) is 12.9. The van der Waals surface area contributed by atoms with Gasteiger partial charge in [0.1, 0.15) is 17.5 Å². The number of hydrogen-bond donors (Lipinski definition) is 0. The molecule has 3 rings (SSSR count). The van der Waals surface area contributed by atoms with Crippen LogP contribution in [0.5, 0.6) is 11.5 Å². The van der Waals surface area contributed by atoms with Crippen molar-refractivity contribution in [3.63, 3.8) is 0 Å². The van der Waals surface area contributed by atoms with E-state index in [2.05, 4.69) is 15.9 Å². The van der Waals surface area contributed by atoms with Crippen molar-refractivity contribution in [2.45, 2.75) is 13.0 Å². The quantitative estimate of drug-likeness (QED) is 0.742. The molecule has 2 aromatic rings. The average molecular weight is 433 g/mol. The zero-order valence-electron chi connectivity index (χ0n) is 15.4. The highest BCUT2D eigenvalue weighted by Gasteiger charge is 2.35. The molecule has 1 heterocycles. The summed E-state index contributed by atoms with van der Waals surface area (Å²) in [5.74, 6) is 0.735. The topological polar surface area (TPSA) is 59.1 Å². The first-order valence-corrected chi connectivity index (χ1v) is 9.35. The van der Waals surface area contributed by atoms with Gasteiger partial charge >= 0.3 is 0 Å². The number of piperazine rings is 1. The minimum absolute atomic E-state index is 0.109. The number of anilines is 1. The molecule has 0 spiro atoms. The van der Waals surface area contributed by atoms with Gasteiger partial charge in [-0.25, -0.2) is 0 Å². The molecule has 0 aliphatic carbocycles. The van der Waals surface area contributed by atoms with Gasteiger partial charge < -0.3 is 19.3 Å². The molecule has 6 nitrogen and oxygen atoms in total. The summed E-state index contributed by atoms with van der Waals surface area (Å²) in [6.07, 6.45) is 0. The van der Waals surface area contributed by atoms with E-state index in [0.29, 0.717) is 30.2 Å². The normalized spacial score (nSPS) is 17.0. The molecule has 142 valence electrons. The van der Waals surface area contributed by atoms with Crippen molar-refractivity contribution in [1.29, 1.82) is 0 Å². The maximum atomic E-state index is 13.0. The van der Waals surface area contributed by atoms with Crippen molar-refractivity contribution in [3.8, 4) is 11.5 Å². The molecule has 27 heavy (non-hydrogen) atoms. The number of methoxy groups -OCH3 is 2. The lowest BCUT2D eigenvalue weighted by molar-refractivity contribution is -0.124. The maximum absolute atomic E-state index is 13.0. The second-order valence-electron chi connectivity index (χ2n) is 6.25. The largest absolute Gasteiger partial charge is 0.497 e. The number of amides is 2. The van der Waals surface area contributed by atoms with Gasteiger partial charge in [-0.1, -0.05) is 22.0 Å². The summed E-state index contributed by atoms with van der Waals surface area (Å²) in [5.41, 5.74) is 1.25. The second kappa shape index (κ2) is 8.00. The van der Waals surface area contributed by atoms with E-state index in [-0.39, 0.29) is 11.8 Å². The Morgan fingerprint density at radius 2 is 1.74 bits per heavy atom. The molecule has 0 unspecified atom stereocenters. The van der Waals surface area contributed by atoms with E-state index < -0.39 is 6.04 Å². The molecular formula is C20H21BrN2O4. The van der Waals surface area contributed by atoms with Crippen LogP contribution in [0.4, 0.5) is 5.69 Å². The molecule has 0 saturated carbocycles. The molecule has 0 bridgehead atoms. The van der Waals surface area contributed by atoms with E-state index in [9.17, 15) is 9.59 Å². The Morgan fingerprint density at radius 3 is 2.33 bits per heavy atom. The number of ether oxygens (including phenoxy) is 2. The van der Waals surface area contributed by atoms with Gasteiger partial charge in [-0.3, -0.25) is 9.59 Å². The van der Waals surface area contributed by atoms with E-state index in [1.165, 1.54) is 14.2 Å². The van der Waals surface area contributed by atoms with Crippen LogP contribution in [0.15, 0.2) is 46.9 Å². The molecule has 1 saturated heterocycles. The Morgan fingerprint density at radius 1 is 1.07 bits per heavy atom. The summed E-state index contributed by atoms with van der Waals surface area (Å²) in [6, 6.07) is 12.0. The Hall–Kier alpha value is -2.54. The first kappa shape index (κ1) is 19.2. The zero-order chi connectivity index (χ0) is 19.6. The Bertz CT molecular complexity index is 849. The van der Waals surface area contributed by atoms with Crippen molar-refractivity contribution in [3.05, 3.63) is 52.5 Å². The van der Waals surface area contributed by atoms with Gasteiger partial charge in [0.05, 0.1) is 14.2 Å². The minimum Gasteiger partial charge on any atom is -0.497 e. The van der Waals surface area contributed by atoms with Gasteiger partial charge in [0.15, 0.2) is 0 Å². The first-order valence-electron chi connectivity index (χ1n) is 8.55. The number of nitrogens with zero attached hydrogens (tertiary/aromatic N) is 2. The summed E-state index contributed by atoms with van der Waals surface area (Å²) < 4.78 is 11.4. The van der Waals surface area contributed by atoms with Crippen molar-refractivity contribution >= 4 is 33.4 Å². The van der Waals surface area contributed by atoms with Crippen LogP contribution in [0.2, 0.25) is 0 Å². The number of halogens is 1. The molecule has 1 aliphatic heterocycles. The van der Waals surface area contributed by atoms with Crippen LogP contribution >= 0.6 is 15.9 Å². The fraction of sp³-hybridized carbons (Fsp3) is 0.300. The number of carbonyl (C=O) groups is 2. The third kappa shape index (κ3) is 3.93. The standard InChI is InChI=1S/C20H21BrN2O4/c1-13-19(24)23(16-6-4-5-15(21)11-16)8-7-22(13)20(25)14-9-17(26-2)12-18(10-14)27-3/h4-6,9-13H,7-8H2,1-3H3/t13-/m0/s1. The van der Waals surface area contributed by atoms with E-state index in [1.54, 1.807) is 34.9 Å². The van der Waals surface area contributed by atoms with Gasteiger partial charge in [0.25, 0.3) is 5.91 Å². The second-order valence-corrected chi connectivity index (χ2v) is 7.16. The summed E-state index contributed by atoms with van der Waals surface area (Å²) in [6.45, 7) is 2.63. The van der Waals surface area contributed by atoms with Crippen LogP contribution in [0.25, 0.3) is 0 Å². The number of carbonyl (C=O) groups excluding carboxylic acids is 2. The molecule has 2 amide bonds. The minimum atomic E-state index is -0.567. The summed E-state index contributed by atoms with van der Waals surface area (Å²) in [4.78, 5) is 29.2. The third-order valence-electron chi connectivity index (χ3n) is 4.63. The predicted octanol–water partition coefficient (Wildman–Crippen LogP) is 3.34. The molecule has 7 heteroatoms. The monoisotopic (exact) mass is 432 g/mol. The van der Waals surface area contributed by atoms with Crippen LogP contribution in [0, 0.1) is 0 Å². The molecular weight excluding hydrogens is 412 g/mol. The Kier molecular flexibility index (Phi) is 5.70. The van der Waals surface area contributed by atoms with Gasteiger partial charge in [-0.2, -0.15) is 0 Å². The van der Waals surface area contributed by atoms with Crippen LogP contribution < -0.4 is 14.4 Å². The lowest BCUT2D eigenvalue weighted by Gasteiger charge is -2.39. The molecule has 1 fully saturated rings. The van der Waals surface area contributed by atoms with Crippen molar-refractivity contribution in [2.75, 3.05) is 32.2 Å². The number of rotatable bonds is 4. The SMILES string of the molecule is COc1cc(OC)cc(C(=O)N2CCN(c3cccc(Br)c3)C(=O)[C@@H]2C)c1. The molecule has 2 aromatic carbocycles. The van der Waals surface area contributed by atoms with E-state index in [4.69, 9.17) is 9.47 Å². The van der Waals surface area contributed by atoms with E-state index in [0.717, 1.165) is 10.2 Å².